The van der Waals surface area contributed by atoms with Gasteiger partial charge in [0.15, 0.2) is 0 Å². The third kappa shape index (κ3) is 7.26. The van der Waals surface area contributed by atoms with E-state index in [4.69, 9.17) is 0 Å². The zero-order valence-corrected chi connectivity index (χ0v) is 22.7. The number of rotatable bonds is 7. The van der Waals surface area contributed by atoms with Crippen molar-refractivity contribution in [2.75, 3.05) is 31.5 Å². The molecule has 4 rings (SSSR count). The highest BCUT2D eigenvalue weighted by Crippen LogP contribution is 2.23. The van der Waals surface area contributed by atoms with Crippen LogP contribution in [0, 0.1) is 0 Å². The maximum atomic E-state index is 12.2. The van der Waals surface area contributed by atoms with Crippen molar-refractivity contribution in [1.82, 2.24) is 24.8 Å². The molecule has 0 spiro atoms. The first-order valence-electron chi connectivity index (χ1n) is 13.1. The summed E-state index contributed by atoms with van der Waals surface area (Å²) in [6.07, 6.45) is 4.27. The number of benzene rings is 1. The molecule has 0 radical (unpaired) electrons. The SMILES string of the molecule is C=CC(=O)N1CCNCC1.CCC(C)c1ccc([C@H](C)Nc2ncc3ccc(=O)n(C(C)C)c3n2)cc1. The molecule has 3 heterocycles. The number of hydrogen-bond donors (Lipinski definition) is 2. The fraction of sp³-hybridized carbons (Fsp3) is 0.448. The minimum absolute atomic E-state index is 0.0365. The van der Waals surface area contributed by atoms with Gasteiger partial charge in [-0.1, -0.05) is 44.7 Å². The van der Waals surface area contributed by atoms with Crippen LogP contribution in [0.25, 0.3) is 11.0 Å². The van der Waals surface area contributed by atoms with E-state index in [1.54, 1.807) is 27.8 Å². The van der Waals surface area contributed by atoms with Crippen LogP contribution in [-0.4, -0.2) is 51.5 Å². The Balaban J connectivity index is 0.000000319. The Morgan fingerprint density at radius 3 is 2.32 bits per heavy atom. The predicted octanol–water partition coefficient (Wildman–Crippen LogP) is 4.66. The number of aromatic nitrogens is 3. The first-order valence-corrected chi connectivity index (χ1v) is 13.1. The first-order chi connectivity index (χ1) is 17.7. The fourth-order valence-electron chi connectivity index (χ4n) is 4.25. The van der Waals surface area contributed by atoms with Crippen LogP contribution in [0.4, 0.5) is 5.95 Å². The van der Waals surface area contributed by atoms with Crippen molar-refractivity contribution in [2.24, 2.45) is 0 Å². The van der Waals surface area contributed by atoms with Crippen LogP contribution >= 0.6 is 0 Å². The summed E-state index contributed by atoms with van der Waals surface area (Å²) in [6.45, 7) is 17.4. The molecule has 198 valence electrons. The van der Waals surface area contributed by atoms with E-state index < -0.39 is 0 Å². The summed E-state index contributed by atoms with van der Waals surface area (Å²) in [5, 5.41) is 7.39. The number of fused-ring (bicyclic) bond motifs is 1. The van der Waals surface area contributed by atoms with Gasteiger partial charge in [0, 0.05) is 49.9 Å². The molecule has 1 amide bonds. The van der Waals surface area contributed by atoms with Gasteiger partial charge in [-0.2, -0.15) is 4.98 Å². The second-order valence-corrected chi connectivity index (χ2v) is 9.73. The molecule has 37 heavy (non-hydrogen) atoms. The highest BCUT2D eigenvalue weighted by atomic mass is 16.2. The van der Waals surface area contributed by atoms with Crippen molar-refractivity contribution in [2.45, 2.75) is 59.0 Å². The molecular weight excluding hydrogens is 464 g/mol. The number of carbonyl (C=O) groups is 1. The Morgan fingerprint density at radius 2 is 1.73 bits per heavy atom. The van der Waals surface area contributed by atoms with E-state index in [1.807, 2.05) is 13.8 Å². The average Bonchev–Trinajstić information content (AvgIpc) is 2.92. The minimum Gasteiger partial charge on any atom is -0.348 e. The van der Waals surface area contributed by atoms with E-state index in [-0.39, 0.29) is 23.6 Å². The Kier molecular flexibility index (Phi) is 9.97. The smallest absolute Gasteiger partial charge is 0.252 e. The molecule has 1 aromatic carbocycles. The summed E-state index contributed by atoms with van der Waals surface area (Å²) in [6, 6.07) is 12.1. The monoisotopic (exact) mass is 504 g/mol. The molecule has 8 heteroatoms. The normalized spacial score (nSPS) is 15.0. The van der Waals surface area contributed by atoms with Gasteiger partial charge in [-0.3, -0.25) is 14.2 Å². The lowest BCUT2D eigenvalue weighted by Crippen LogP contribution is -2.45. The predicted molar refractivity (Wildman–Crippen MR) is 151 cm³/mol. The third-order valence-electron chi connectivity index (χ3n) is 6.75. The van der Waals surface area contributed by atoms with E-state index in [9.17, 15) is 9.59 Å². The number of nitrogens with zero attached hydrogens (tertiary/aromatic N) is 4. The summed E-state index contributed by atoms with van der Waals surface area (Å²) >= 11 is 0. The van der Waals surface area contributed by atoms with Crippen LogP contribution in [0.5, 0.6) is 0 Å². The van der Waals surface area contributed by atoms with Gasteiger partial charge in [0.25, 0.3) is 5.56 Å². The topological polar surface area (TPSA) is 92.2 Å². The van der Waals surface area contributed by atoms with Crippen LogP contribution in [0.15, 0.2) is 60.0 Å². The molecule has 1 aliphatic rings. The van der Waals surface area contributed by atoms with E-state index in [1.165, 1.54) is 17.2 Å². The summed E-state index contributed by atoms with van der Waals surface area (Å²) in [5.74, 6) is 1.14. The number of carbonyl (C=O) groups excluding carboxylic acids is 1. The molecule has 0 aliphatic carbocycles. The van der Waals surface area contributed by atoms with Gasteiger partial charge in [0.05, 0.1) is 6.04 Å². The second-order valence-electron chi connectivity index (χ2n) is 9.73. The van der Waals surface area contributed by atoms with Crippen LogP contribution in [-0.2, 0) is 4.79 Å². The van der Waals surface area contributed by atoms with E-state index in [0.29, 0.717) is 17.5 Å². The number of nitrogens with one attached hydrogen (secondary N) is 2. The van der Waals surface area contributed by atoms with E-state index in [0.717, 1.165) is 38.0 Å². The number of pyridine rings is 1. The lowest BCUT2D eigenvalue weighted by Gasteiger charge is -2.25. The Hall–Kier alpha value is -3.52. The van der Waals surface area contributed by atoms with Crippen molar-refractivity contribution >= 4 is 22.9 Å². The molecule has 0 saturated carbocycles. The van der Waals surface area contributed by atoms with Crippen LogP contribution in [0.3, 0.4) is 0 Å². The molecule has 1 fully saturated rings. The largest absolute Gasteiger partial charge is 0.348 e. The van der Waals surface area contributed by atoms with Gasteiger partial charge in [0.2, 0.25) is 11.9 Å². The fourth-order valence-corrected chi connectivity index (χ4v) is 4.25. The molecule has 3 aromatic rings. The zero-order valence-electron chi connectivity index (χ0n) is 22.7. The van der Waals surface area contributed by atoms with Gasteiger partial charge in [-0.25, -0.2) is 4.98 Å². The van der Waals surface area contributed by atoms with Crippen molar-refractivity contribution in [3.8, 4) is 0 Å². The van der Waals surface area contributed by atoms with Gasteiger partial charge in [-0.05, 0) is 56.4 Å². The van der Waals surface area contributed by atoms with Crippen LogP contribution < -0.4 is 16.2 Å². The Morgan fingerprint density at radius 1 is 1.08 bits per heavy atom. The van der Waals surface area contributed by atoms with Gasteiger partial charge < -0.3 is 15.5 Å². The number of amides is 1. The molecule has 1 aliphatic heterocycles. The zero-order chi connectivity index (χ0) is 26.9. The molecule has 2 N–H and O–H groups in total. The maximum Gasteiger partial charge on any atom is 0.252 e. The van der Waals surface area contributed by atoms with E-state index in [2.05, 4.69) is 72.2 Å². The van der Waals surface area contributed by atoms with Crippen molar-refractivity contribution < 1.29 is 4.79 Å². The van der Waals surface area contributed by atoms with Crippen molar-refractivity contribution in [3.63, 3.8) is 0 Å². The number of hydrogen-bond acceptors (Lipinski definition) is 6. The number of piperazine rings is 1. The number of anilines is 1. The first kappa shape index (κ1) is 28.1. The Labute approximate surface area is 219 Å². The average molecular weight is 505 g/mol. The summed E-state index contributed by atoms with van der Waals surface area (Å²) in [7, 11) is 0. The van der Waals surface area contributed by atoms with Gasteiger partial charge in [-0.15, -0.1) is 0 Å². The van der Waals surface area contributed by atoms with Crippen molar-refractivity contribution in [3.05, 3.63) is 76.7 Å². The molecule has 2 atom stereocenters. The molecule has 8 nitrogen and oxygen atoms in total. The highest BCUT2D eigenvalue weighted by Gasteiger charge is 2.13. The maximum absolute atomic E-state index is 12.2. The Bertz CT molecular complexity index is 1250. The minimum atomic E-state index is -0.0455. The molecule has 0 bridgehead atoms. The van der Waals surface area contributed by atoms with Crippen LogP contribution in [0.2, 0.25) is 0 Å². The van der Waals surface area contributed by atoms with Crippen molar-refractivity contribution in [1.29, 1.82) is 0 Å². The lowest BCUT2D eigenvalue weighted by molar-refractivity contribution is -0.126. The second kappa shape index (κ2) is 13.1. The van der Waals surface area contributed by atoms with Gasteiger partial charge in [0.1, 0.15) is 5.65 Å². The molecular formula is C29H40N6O2. The summed E-state index contributed by atoms with van der Waals surface area (Å²) < 4.78 is 1.70. The van der Waals surface area contributed by atoms with Crippen LogP contribution in [0.1, 0.15) is 70.2 Å². The third-order valence-corrected chi connectivity index (χ3v) is 6.75. The van der Waals surface area contributed by atoms with E-state index >= 15 is 0 Å². The summed E-state index contributed by atoms with van der Waals surface area (Å²) in [5.41, 5.74) is 3.15. The molecule has 2 aromatic heterocycles. The highest BCUT2D eigenvalue weighted by molar-refractivity contribution is 5.87. The molecule has 1 saturated heterocycles. The summed E-state index contributed by atoms with van der Waals surface area (Å²) in [4.78, 5) is 34.0. The molecule has 1 unspecified atom stereocenters. The standard InChI is InChI=1S/C22H28N4O.C7H12N2O/c1-6-15(4)17-7-9-18(10-8-17)16(5)24-22-23-13-19-11-12-20(27)26(14(2)3)21(19)25-22;1-2-7(10)9-5-3-8-4-6-9/h7-16H,6H2,1-5H3,(H,23,24,25);2,8H,1,3-6H2/t15?,16-;/m0./s1. The quantitative estimate of drug-likeness (QED) is 0.455. The lowest BCUT2D eigenvalue weighted by atomic mass is 9.96. The van der Waals surface area contributed by atoms with Gasteiger partial charge >= 0.3 is 0 Å².